The quantitative estimate of drug-likeness (QED) is 0.740. The van der Waals surface area contributed by atoms with Gasteiger partial charge in [0, 0.05) is 31.2 Å². The van der Waals surface area contributed by atoms with Crippen LogP contribution in [-0.2, 0) is 16.6 Å². The topological polar surface area (TPSA) is 83.4 Å². The van der Waals surface area contributed by atoms with Gasteiger partial charge in [0.2, 0.25) is 0 Å². The molecule has 0 bridgehead atoms. The summed E-state index contributed by atoms with van der Waals surface area (Å²) in [5, 5.41) is 14.9. The normalized spacial score (nSPS) is 11.8. The first kappa shape index (κ1) is 15.8. The van der Waals surface area contributed by atoms with Crippen molar-refractivity contribution in [2.45, 2.75) is 13.0 Å². The number of amides is 2. The van der Waals surface area contributed by atoms with Gasteiger partial charge < -0.3 is 20.3 Å². The SMILES string of the molecule is Cc1cccc(NC(=O)C(=O)NCC(O)c2cccn2C)c1. The molecule has 0 saturated heterocycles. The molecule has 1 atom stereocenters. The van der Waals surface area contributed by atoms with E-state index in [1.54, 1.807) is 48.1 Å². The lowest BCUT2D eigenvalue weighted by Crippen LogP contribution is -2.37. The molecule has 6 heteroatoms. The van der Waals surface area contributed by atoms with Crippen LogP contribution in [0.2, 0.25) is 0 Å². The average Bonchev–Trinajstić information content (AvgIpc) is 2.90. The average molecular weight is 301 g/mol. The predicted molar refractivity (Wildman–Crippen MR) is 83.2 cm³/mol. The lowest BCUT2D eigenvalue weighted by molar-refractivity contribution is -0.136. The van der Waals surface area contributed by atoms with Crippen LogP contribution in [0.1, 0.15) is 17.4 Å². The van der Waals surface area contributed by atoms with E-state index in [0.29, 0.717) is 11.4 Å². The van der Waals surface area contributed by atoms with E-state index in [1.165, 1.54) is 0 Å². The lowest BCUT2D eigenvalue weighted by Gasteiger charge is -2.13. The third kappa shape index (κ3) is 3.95. The number of nitrogens with one attached hydrogen (secondary N) is 2. The van der Waals surface area contributed by atoms with E-state index >= 15 is 0 Å². The van der Waals surface area contributed by atoms with E-state index in [-0.39, 0.29) is 6.54 Å². The van der Waals surface area contributed by atoms with Gasteiger partial charge in [0.15, 0.2) is 0 Å². The minimum atomic E-state index is -0.865. The van der Waals surface area contributed by atoms with Gasteiger partial charge in [-0.2, -0.15) is 0 Å². The van der Waals surface area contributed by atoms with Crippen molar-refractivity contribution in [2.24, 2.45) is 7.05 Å². The molecule has 116 valence electrons. The molecule has 2 rings (SSSR count). The number of nitrogens with zero attached hydrogens (tertiary/aromatic N) is 1. The van der Waals surface area contributed by atoms with Gasteiger partial charge in [-0.15, -0.1) is 0 Å². The van der Waals surface area contributed by atoms with Crippen molar-refractivity contribution in [3.05, 3.63) is 53.9 Å². The molecule has 1 heterocycles. The maximum atomic E-state index is 11.8. The number of hydrogen-bond donors (Lipinski definition) is 3. The third-order valence-electron chi connectivity index (χ3n) is 3.26. The van der Waals surface area contributed by atoms with Crippen LogP contribution in [0.15, 0.2) is 42.6 Å². The molecule has 0 aliphatic carbocycles. The predicted octanol–water partition coefficient (Wildman–Crippen LogP) is 1.12. The third-order valence-corrected chi connectivity index (χ3v) is 3.26. The Kier molecular flexibility index (Phi) is 4.95. The summed E-state index contributed by atoms with van der Waals surface area (Å²) in [6.07, 6.45) is 0.931. The van der Waals surface area contributed by atoms with Crippen molar-refractivity contribution >= 4 is 17.5 Å². The summed E-state index contributed by atoms with van der Waals surface area (Å²) in [4.78, 5) is 23.5. The van der Waals surface area contributed by atoms with Crippen LogP contribution in [0.5, 0.6) is 0 Å². The van der Waals surface area contributed by atoms with Crippen molar-refractivity contribution in [2.75, 3.05) is 11.9 Å². The molecule has 1 aromatic heterocycles. The van der Waals surface area contributed by atoms with E-state index in [0.717, 1.165) is 5.56 Å². The van der Waals surface area contributed by atoms with Crippen molar-refractivity contribution in [3.63, 3.8) is 0 Å². The Morgan fingerprint density at radius 1 is 1.23 bits per heavy atom. The number of aliphatic hydroxyl groups excluding tert-OH is 1. The fourth-order valence-corrected chi connectivity index (χ4v) is 2.11. The van der Waals surface area contributed by atoms with Gasteiger partial charge in [0.05, 0.1) is 0 Å². The molecule has 0 spiro atoms. The molecule has 1 unspecified atom stereocenters. The number of aromatic nitrogens is 1. The Labute approximate surface area is 128 Å². The van der Waals surface area contributed by atoms with Crippen LogP contribution >= 0.6 is 0 Å². The van der Waals surface area contributed by atoms with Crippen molar-refractivity contribution < 1.29 is 14.7 Å². The fraction of sp³-hybridized carbons (Fsp3) is 0.250. The Balaban J connectivity index is 1.87. The molecule has 0 aliphatic heterocycles. The van der Waals surface area contributed by atoms with Crippen LogP contribution in [0, 0.1) is 6.92 Å². The number of carbonyl (C=O) groups excluding carboxylic acids is 2. The number of carbonyl (C=O) groups is 2. The van der Waals surface area contributed by atoms with Gasteiger partial charge in [-0.3, -0.25) is 9.59 Å². The summed E-state index contributed by atoms with van der Waals surface area (Å²) < 4.78 is 1.75. The zero-order valence-corrected chi connectivity index (χ0v) is 12.5. The molecule has 6 nitrogen and oxygen atoms in total. The maximum absolute atomic E-state index is 11.8. The second-order valence-electron chi connectivity index (χ2n) is 5.09. The largest absolute Gasteiger partial charge is 0.385 e. The van der Waals surface area contributed by atoms with Crippen molar-refractivity contribution in [1.29, 1.82) is 0 Å². The Bertz CT molecular complexity index is 679. The number of benzene rings is 1. The molecular weight excluding hydrogens is 282 g/mol. The standard InChI is InChI=1S/C16H19N3O3/c1-11-5-3-6-12(9-11)18-16(22)15(21)17-10-14(20)13-7-4-8-19(13)2/h3-9,14,20H,10H2,1-2H3,(H,17,21)(H,18,22). The van der Waals surface area contributed by atoms with Gasteiger partial charge in [-0.1, -0.05) is 12.1 Å². The molecule has 0 aliphatic rings. The van der Waals surface area contributed by atoms with Crippen LogP contribution in [0.25, 0.3) is 0 Å². The Hall–Kier alpha value is -2.60. The summed E-state index contributed by atoms with van der Waals surface area (Å²) in [6.45, 7) is 1.86. The Morgan fingerprint density at radius 2 is 2.00 bits per heavy atom. The monoisotopic (exact) mass is 301 g/mol. The summed E-state index contributed by atoms with van der Waals surface area (Å²) in [5.41, 5.74) is 2.21. The van der Waals surface area contributed by atoms with Gasteiger partial charge in [-0.05, 0) is 36.8 Å². The summed E-state index contributed by atoms with van der Waals surface area (Å²) in [5.74, 6) is -1.54. The van der Waals surface area contributed by atoms with Crippen LogP contribution in [-0.4, -0.2) is 28.0 Å². The first-order valence-electron chi connectivity index (χ1n) is 6.92. The zero-order chi connectivity index (χ0) is 16.1. The van der Waals surface area contributed by atoms with E-state index in [1.807, 2.05) is 13.0 Å². The van der Waals surface area contributed by atoms with Gasteiger partial charge in [0.1, 0.15) is 6.10 Å². The molecule has 1 aromatic carbocycles. The molecule has 0 radical (unpaired) electrons. The minimum Gasteiger partial charge on any atom is -0.385 e. The number of anilines is 1. The van der Waals surface area contributed by atoms with E-state index < -0.39 is 17.9 Å². The summed E-state index contributed by atoms with van der Waals surface area (Å²) in [6, 6.07) is 10.7. The number of aryl methyl sites for hydroxylation is 2. The maximum Gasteiger partial charge on any atom is 0.313 e. The highest BCUT2D eigenvalue weighted by molar-refractivity contribution is 6.39. The lowest BCUT2D eigenvalue weighted by atomic mass is 10.2. The molecular formula is C16H19N3O3. The Morgan fingerprint density at radius 3 is 2.64 bits per heavy atom. The number of aliphatic hydroxyl groups is 1. The minimum absolute atomic E-state index is 0.0298. The molecule has 0 fully saturated rings. The van der Waals surface area contributed by atoms with Gasteiger partial charge in [0.25, 0.3) is 0 Å². The van der Waals surface area contributed by atoms with E-state index in [9.17, 15) is 14.7 Å². The number of hydrogen-bond acceptors (Lipinski definition) is 3. The smallest absolute Gasteiger partial charge is 0.313 e. The van der Waals surface area contributed by atoms with Crippen molar-refractivity contribution in [3.8, 4) is 0 Å². The van der Waals surface area contributed by atoms with Crippen LogP contribution in [0.4, 0.5) is 5.69 Å². The van der Waals surface area contributed by atoms with Crippen molar-refractivity contribution in [1.82, 2.24) is 9.88 Å². The second kappa shape index (κ2) is 6.91. The highest BCUT2D eigenvalue weighted by atomic mass is 16.3. The summed E-state index contributed by atoms with van der Waals surface area (Å²) >= 11 is 0. The number of rotatable bonds is 4. The molecule has 2 amide bonds. The van der Waals surface area contributed by atoms with Gasteiger partial charge in [-0.25, -0.2) is 0 Å². The zero-order valence-electron chi connectivity index (χ0n) is 12.5. The molecule has 3 N–H and O–H groups in total. The van der Waals surface area contributed by atoms with E-state index in [4.69, 9.17) is 0 Å². The van der Waals surface area contributed by atoms with Crippen LogP contribution in [0.3, 0.4) is 0 Å². The summed E-state index contributed by atoms with van der Waals surface area (Å²) in [7, 11) is 1.80. The first-order valence-corrected chi connectivity index (χ1v) is 6.92. The van der Waals surface area contributed by atoms with Gasteiger partial charge >= 0.3 is 11.8 Å². The fourth-order valence-electron chi connectivity index (χ4n) is 2.11. The molecule has 22 heavy (non-hydrogen) atoms. The second-order valence-corrected chi connectivity index (χ2v) is 5.09. The molecule has 0 saturated carbocycles. The highest BCUT2D eigenvalue weighted by Crippen LogP contribution is 2.11. The van der Waals surface area contributed by atoms with Crippen LogP contribution < -0.4 is 10.6 Å². The van der Waals surface area contributed by atoms with E-state index in [2.05, 4.69) is 10.6 Å². The molecule has 2 aromatic rings. The first-order chi connectivity index (χ1) is 10.5. The highest BCUT2D eigenvalue weighted by Gasteiger charge is 2.17.